The van der Waals surface area contributed by atoms with Crippen LogP contribution in [0.15, 0.2) is 29.6 Å². The molecule has 0 spiro atoms. The van der Waals surface area contributed by atoms with E-state index in [4.69, 9.17) is 5.73 Å². The molecule has 1 aromatic carbocycles. The van der Waals surface area contributed by atoms with Crippen LogP contribution >= 0.6 is 11.3 Å². The molecular formula is C17H23N3OS. The van der Waals surface area contributed by atoms with Crippen LogP contribution in [0.3, 0.4) is 0 Å². The van der Waals surface area contributed by atoms with E-state index in [0.29, 0.717) is 18.7 Å². The summed E-state index contributed by atoms with van der Waals surface area (Å²) in [6.07, 6.45) is 0.757. The van der Waals surface area contributed by atoms with Crippen LogP contribution in [0, 0.1) is 0 Å². The fourth-order valence-electron chi connectivity index (χ4n) is 1.95. The highest BCUT2D eigenvalue weighted by molar-refractivity contribution is 7.09. The van der Waals surface area contributed by atoms with Crippen LogP contribution in [0.25, 0.3) is 0 Å². The smallest absolute Gasteiger partial charge is 0.251 e. The van der Waals surface area contributed by atoms with Gasteiger partial charge in [-0.25, -0.2) is 4.98 Å². The Hall–Kier alpha value is -1.72. The molecule has 0 unspecified atom stereocenters. The summed E-state index contributed by atoms with van der Waals surface area (Å²) in [5, 5.41) is 6.09. The van der Waals surface area contributed by atoms with E-state index in [9.17, 15) is 4.79 Å². The number of carbonyl (C=O) groups excluding carboxylic acids is 1. The van der Waals surface area contributed by atoms with Gasteiger partial charge in [-0.05, 0) is 17.7 Å². The number of hydrogen-bond acceptors (Lipinski definition) is 4. The maximum Gasteiger partial charge on any atom is 0.251 e. The molecule has 4 nitrogen and oxygen atoms in total. The third-order valence-corrected chi connectivity index (χ3v) is 4.31. The molecule has 0 aliphatic heterocycles. The van der Waals surface area contributed by atoms with Crippen LogP contribution < -0.4 is 11.1 Å². The van der Waals surface area contributed by atoms with Gasteiger partial charge in [0.1, 0.15) is 0 Å². The predicted octanol–water partition coefficient (Wildman–Crippen LogP) is 2.87. The number of amides is 1. The summed E-state index contributed by atoms with van der Waals surface area (Å²) in [4.78, 5) is 16.7. The molecule has 118 valence electrons. The third kappa shape index (κ3) is 4.39. The van der Waals surface area contributed by atoms with Gasteiger partial charge in [0.2, 0.25) is 0 Å². The Morgan fingerprint density at radius 3 is 2.50 bits per heavy atom. The second kappa shape index (κ2) is 7.03. The first-order chi connectivity index (χ1) is 10.4. The van der Waals surface area contributed by atoms with Gasteiger partial charge in [0.25, 0.3) is 5.91 Å². The Labute approximate surface area is 135 Å². The van der Waals surface area contributed by atoms with E-state index in [1.165, 1.54) is 0 Å². The van der Waals surface area contributed by atoms with Crippen molar-refractivity contribution in [3.8, 4) is 0 Å². The van der Waals surface area contributed by atoms with Gasteiger partial charge in [0.05, 0.1) is 10.7 Å². The number of hydrogen-bond donors (Lipinski definition) is 2. The maximum atomic E-state index is 12.0. The van der Waals surface area contributed by atoms with Crippen LogP contribution in [0.1, 0.15) is 47.4 Å². The minimum absolute atomic E-state index is 0.0591. The van der Waals surface area contributed by atoms with Crippen molar-refractivity contribution in [3.63, 3.8) is 0 Å². The van der Waals surface area contributed by atoms with Crippen molar-refractivity contribution in [2.75, 3.05) is 6.54 Å². The highest BCUT2D eigenvalue weighted by Crippen LogP contribution is 2.23. The Morgan fingerprint density at radius 1 is 1.27 bits per heavy atom. The largest absolute Gasteiger partial charge is 0.352 e. The molecule has 0 fully saturated rings. The van der Waals surface area contributed by atoms with E-state index >= 15 is 0 Å². The molecule has 0 radical (unpaired) electrons. The molecule has 3 N–H and O–H groups in total. The van der Waals surface area contributed by atoms with Crippen LogP contribution in [0.4, 0.5) is 0 Å². The Kier molecular flexibility index (Phi) is 5.32. The molecule has 2 rings (SSSR count). The van der Waals surface area contributed by atoms with Crippen molar-refractivity contribution in [2.45, 2.75) is 39.2 Å². The molecular weight excluding hydrogens is 294 g/mol. The summed E-state index contributed by atoms with van der Waals surface area (Å²) < 4.78 is 0. The Balaban J connectivity index is 1.85. The number of benzene rings is 1. The average molecular weight is 317 g/mol. The molecule has 0 saturated heterocycles. The number of nitrogens with two attached hydrogens (primary N) is 1. The topological polar surface area (TPSA) is 68.0 Å². The van der Waals surface area contributed by atoms with Gasteiger partial charge < -0.3 is 11.1 Å². The molecule has 0 atom stereocenters. The summed E-state index contributed by atoms with van der Waals surface area (Å²) in [6, 6.07) is 7.37. The zero-order chi connectivity index (χ0) is 16.2. The molecule has 0 aliphatic carbocycles. The lowest BCUT2D eigenvalue weighted by Gasteiger charge is -2.14. The lowest BCUT2D eigenvalue weighted by molar-refractivity contribution is 0.0954. The van der Waals surface area contributed by atoms with E-state index in [0.717, 1.165) is 22.7 Å². The van der Waals surface area contributed by atoms with Gasteiger partial charge in [-0.2, -0.15) is 0 Å². The molecule has 0 saturated carbocycles. The zero-order valence-electron chi connectivity index (χ0n) is 13.3. The number of nitrogens with one attached hydrogen (secondary N) is 1. The second-order valence-corrected chi connectivity index (χ2v) is 7.23. The lowest BCUT2D eigenvalue weighted by Crippen LogP contribution is -2.25. The predicted molar refractivity (Wildman–Crippen MR) is 91.2 cm³/mol. The van der Waals surface area contributed by atoms with Gasteiger partial charge >= 0.3 is 0 Å². The molecule has 2 aromatic rings. The van der Waals surface area contributed by atoms with E-state index in [1.54, 1.807) is 23.5 Å². The van der Waals surface area contributed by atoms with E-state index < -0.39 is 0 Å². The van der Waals surface area contributed by atoms with Gasteiger partial charge in [0.15, 0.2) is 0 Å². The minimum Gasteiger partial charge on any atom is -0.352 e. The van der Waals surface area contributed by atoms with Crippen LogP contribution in [-0.4, -0.2) is 17.4 Å². The molecule has 22 heavy (non-hydrogen) atoms. The average Bonchev–Trinajstić information content (AvgIpc) is 2.96. The number of nitrogens with zero attached hydrogens (tertiary/aromatic N) is 1. The van der Waals surface area contributed by atoms with Crippen LogP contribution in [0.5, 0.6) is 0 Å². The SMILES string of the molecule is CC(C)(C)c1csc(CCNC(=O)c2ccc(CN)cc2)n1. The van der Waals surface area contributed by atoms with Gasteiger partial charge in [-0.15, -0.1) is 11.3 Å². The van der Waals surface area contributed by atoms with Crippen molar-refractivity contribution in [1.82, 2.24) is 10.3 Å². The maximum absolute atomic E-state index is 12.0. The summed E-state index contributed by atoms with van der Waals surface area (Å²) >= 11 is 1.65. The quantitative estimate of drug-likeness (QED) is 0.891. The molecule has 1 heterocycles. The Morgan fingerprint density at radius 2 is 1.95 bits per heavy atom. The fourth-order valence-corrected chi connectivity index (χ4v) is 2.97. The van der Waals surface area contributed by atoms with Crippen molar-refractivity contribution < 1.29 is 4.79 Å². The number of aromatic nitrogens is 1. The summed E-state index contributed by atoms with van der Waals surface area (Å²) in [5.74, 6) is -0.0591. The molecule has 5 heteroatoms. The highest BCUT2D eigenvalue weighted by atomic mass is 32.1. The number of carbonyl (C=O) groups is 1. The van der Waals surface area contributed by atoms with Gasteiger partial charge in [0, 0.05) is 35.9 Å². The van der Waals surface area contributed by atoms with Crippen LogP contribution in [0.2, 0.25) is 0 Å². The standard InChI is InChI=1S/C17H23N3OS/c1-17(2,3)14-11-22-15(20-14)8-9-19-16(21)13-6-4-12(10-18)5-7-13/h4-7,11H,8-10,18H2,1-3H3,(H,19,21). The Bertz CT molecular complexity index is 626. The molecule has 0 aliphatic rings. The monoisotopic (exact) mass is 317 g/mol. The van der Waals surface area contributed by atoms with Crippen molar-refractivity contribution in [2.24, 2.45) is 5.73 Å². The zero-order valence-corrected chi connectivity index (χ0v) is 14.2. The summed E-state index contributed by atoms with van der Waals surface area (Å²) in [6.45, 7) is 7.53. The van der Waals surface area contributed by atoms with Crippen LogP contribution in [-0.2, 0) is 18.4 Å². The molecule has 1 aromatic heterocycles. The second-order valence-electron chi connectivity index (χ2n) is 6.28. The van der Waals surface area contributed by atoms with Crippen molar-refractivity contribution in [3.05, 3.63) is 51.5 Å². The fraction of sp³-hybridized carbons (Fsp3) is 0.412. The first kappa shape index (κ1) is 16.6. The lowest BCUT2D eigenvalue weighted by atomic mass is 9.93. The van der Waals surface area contributed by atoms with Crippen molar-refractivity contribution in [1.29, 1.82) is 0 Å². The number of rotatable bonds is 5. The van der Waals surface area contributed by atoms with E-state index in [2.05, 4.69) is 36.5 Å². The molecule has 1 amide bonds. The first-order valence-electron chi connectivity index (χ1n) is 7.42. The molecule has 0 bridgehead atoms. The van der Waals surface area contributed by atoms with Crippen molar-refractivity contribution >= 4 is 17.2 Å². The van der Waals surface area contributed by atoms with E-state index in [1.807, 2.05) is 12.1 Å². The van der Waals surface area contributed by atoms with Gasteiger partial charge in [-0.3, -0.25) is 4.79 Å². The number of thiazole rings is 1. The normalized spacial score (nSPS) is 11.5. The summed E-state index contributed by atoms with van der Waals surface area (Å²) in [7, 11) is 0. The summed E-state index contributed by atoms with van der Waals surface area (Å²) in [5.41, 5.74) is 8.41. The highest BCUT2D eigenvalue weighted by Gasteiger charge is 2.17. The van der Waals surface area contributed by atoms with E-state index in [-0.39, 0.29) is 11.3 Å². The third-order valence-electron chi connectivity index (χ3n) is 3.40. The van der Waals surface area contributed by atoms with Gasteiger partial charge in [-0.1, -0.05) is 32.9 Å². The first-order valence-corrected chi connectivity index (χ1v) is 8.30. The minimum atomic E-state index is -0.0591.